The molecule has 0 aliphatic carbocycles. The Bertz CT molecular complexity index is 1740. The number of rotatable bonds is 21. The van der Waals surface area contributed by atoms with E-state index in [0.717, 1.165) is 43.9 Å². The number of amides is 1. The summed E-state index contributed by atoms with van der Waals surface area (Å²) >= 11 is 8.12. The van der Waals surface area contributed by atoms with Crippen molar-refractivity contribution in [3.8, 4) is 11.4 Å². The van der Waals surface area contributed by atoms with Crippen LogP contribution in [-0.2, 0) is 14.3 Å². The fraction of sp³-hybridized carbons (Fsp3) is 0.378. The summed E-state index contributed by atoms with van der Waals surface area (Å²) < 4.78 is 12.4. The van der Waals surface area contributed by atoms with Gasteiger partial charge in [-0.25, -0.2) is 4.79 Å². The average molecular weight is 736 g/mol. The quantitative estimate of drug-likeness (QED) is 0.0219. The summed E-state index contributed by atoms with van der Waals surface area (Å²) in [6.07, 6.45) is 5.35. The van der Waals surface area contributed by atoms with Crippen LogP contribution in [-0.4, -0.2) is 72.8 Å². The molecule has 0 saturated carbocycles. The molecule has 4 rings (SSSR count). The van der Waals surface area contributed by atoms with E-state index in [1.54, 1.807) is 60.7 Å². The van der Waals surface area contributed by atoms with E-state index in [2.05, 4.69) is 27.8 Å². The van der Waals surface area contributed by atoms with Crippen LogP contribution in [0.25, 0.3) is 5.69 Å². The Morgan fingerprint density at radius 1 is 0.902 bits per heavy atom. The molecule has 0 radical (unpaired) electrons. The van der Waals surface area contributed by atoms with E-state index in [-0.39, 0.29) is 16.5 Å². The lowest BCUT2D eigenvalue weighted by atomic mass is 10.00. The molecular formula is C37H42ClN5O7S. The van der Waals surface area contributed by atoms with Crippen LogP contribution in [0.1, 0.15) is 85.4 Å². The van der Waals surface area contributed by atoms with Crippen LogP contribution in [0.15, 0.2) is 84.0 Å². The lowest BCUT2D eigenvalue weighted by Gasteiger charge is -2.23. The zero-order chi connectivity index (χ0) is 36.6. The van der Waals surface area contributed by atoms with Crippen molar-refractivity contribution in [2.75, 3.05) is 12.4 Å². The number of nitrogens with one attached hydrogen (secondary N) is 1. The van der Waals surface area contributed by atoms with Crippen molar-refractivity contribution < 1.29 is 33.8 Å². The Morgan fingerprint density at radius 3 is 2.35 bits per heavy atom. The number of ketones is 1. The van der Waals surface area contributed by atoms with Crippen LogP contribution >= 0.6 is 23.4 Å². The van der Waals surface area contributed by atoms with Gasteiger partial charge in [0.25, 0.3) is 0 Å². The first-order valence-corrected chi connectivity index (χ1v) is 18.2. The summed E-state index contributed by atoms with van der Waals surface area (Å²) in [5, 5.41) is 22.7. The topological polar surface area (TPSA) is 163 Å². The van der Waals surface area contributed by atoms with Crippen molar-refractivity contribution in [2.24, 2.45) is 0 Å². The molecule has 3 atom stereocenters. The first-order chi connectivity index (χ1) is 24.7. The standard InChI is InChI=1S/C37H42ClN5O7S/c1-3-4-5-6-10-16-30(50-33(45)24-32(44)39-27-13-8-7-9-14-27)21-22-31(38)35(34(46)25-17-19-29(49-2)20-18-25)51-37-40-41-42-43(37)28-15-11-12-26(23-28)36(47)48/h7-9,11-15,17-20,23,30-31,35H,3-6,10,16,21-22,24H2,1-2H3,(H,39,44)(H,47,48). The van der Waals surface area contributed by atoms with E-state index in [9.17, 15) is 24.3 Å². The number of methoxy groups -OCH3 is 1. The van der Waals surface area contributed by atoms with Gasteiger partial charge >= 0.3 is 11.9 Å². The number of nitrogens with zero attached hydrogens (tertiary/aromatic N) is 4. The van der Waals surface area contributed by atoms with Gasteiger partial charge in [-0.05, 0) is 90.7 Å². The number of carbonyl (C=O) groups is 4. The van der Waals surface area contributed by atoms with Crippen molar-refractivity contribution in [1.29, 1.82) is 0 Å². The molecule has 12 nitrogen and oxygen atoms in total. The molecule has 1 amide bonds. The average Bonchev–Trinajstić information content (AvgIpc) is 3.61. The highest BCUT2D eigenvalue weighted by Gasteiger charge is 2.32. The van der Waals surface area contributed by atoms with E-state index in [1.165, 1.54) is 23.9 Å². The third kappa shape index (κ3) is 12.2. The first kappa shape index (κ1) is 39.0. The summed E-state index contributed by atoms with van der Waals surface area (Å²) in [7, 11) is 1.53. The van der Waals surface area contributed by atoms with Gasteiger partial charge in [-0.2, -0.15) is 4.68 Å². The number of alkyl halides is 1. The van der Waals surface area contributed by atoms with Crippen LogP contribution in [0.2, 0.25) is 0 Å². The number of hydrogen-bond donors (Lipinski definition) is 2. The molecule has 14 heteroatoms. The van der Waals surface area contributed by atoms with Crippen LogP contribution in [0.4, 0.5) is 5.69 Å². The number of hydrogen-bond acceptors (Lipinski definition) is 10. The zero-order valence-corrected chi connectivity index (χ0v) is 30.1. The summed E-state index contributed by atoms with van der Waals surface area (Å²) in [6.45, 7) is 2.14. The lowest BCUT2D eigenvalue weighted by Crippen LogP contribution is -2.30. The molecule has 1 heterocycles. The van der Waals surface area contributed by atoms with Gasteiger partial charge in [0.2, 0.25) is 11.1 Å². The SMILES string of the molecule is CCCCCCCC(CCC(Cl)C(Sc1nnnn1-c1cccc(C(=O)O)c1)C(=O)c1ccc(OC)cc1)OC(=O)CC(=O)Nc1ccccc1. The number of carbonyl (C=O) groups excluding carboxylic acids is 3. The normalized spacial score (nSPS) is 12.8. The summed E-state index contributed by atoms with van der Waals surface area (Å²) in [5.41, 5.74) is 1.43. The van der Waals surface area contributed by atoms with Crippen LogP contribution in [0.5, 0.6) is 5.75 Å². The number of Topliss-reactive ketones (excluding diaryl/α,β-unsaturated/α-hetero) is 1. The highest BCUT2D eigenvalue weighted by molar-refractivity contribution is 8.00. The monoisotopic (exact) mass is 735 g/mol. The number of unbranched alkanes of at least 4 members (excludes halogenated alkanes) is 4. The number of esters is 1. The maximum absolute atomic E-state index is 14.0. The molecule has 270 valence electrons. The number of thioether (sulfide) groups is 1. The second-order valence-electron chi connectivity index (χ2n) is 11.9. The van der Waals surface area contributed by atoms with E-state index >= 15 is 0 Å². The number of benzene rings is 3. The van der Waals surface area contributed by atoms with Gasteiger partial charge in [0, 0.05) is 11.3 Å². The maximum Gasteiger partial charge on any atom is 0.335 e. The van der Waals surface area contributed by atoms with Gasteiger partial charge in [0.15, 0.2) is 5.78 Å². The van der Waals surface area contributed by atoms with Crippen LogP contribution in [0.3, 0.4) is 0 Å². The fourth-order valence-electron chi connectivity index (χ4n) is 5.33. The molecule has 0 fully saturated rings. The zero-order valence-electron chi connectivity index (χ0n) is 28.6. The number of aromatic carboxylic acids is 1. The highest BCUT2D eigenvalue weighted by atomic mass is 35.5. The molecule has 0 bridgehead atoms. The van der Waals surface area contributed by atoms with Gasteiger partial charge in [-0.15, -0.1) is 16.7 Å². The molecule has 0 spiro atoms. The number of ether oxygens (including phenoxy) is 2. The summed E-state index contributed by atoms with van der Waals surface area (Å²) in [6, 6.07) is 21.7. The van der Waals surface area contributed by atoms with Gasteiger partial charge in [0.05, 0.1) is 29.0 Å². The lowest BCUT2D eigenvalue weighted by molar-refractivity contribution is -0.151. The number of anilines is 1. The van der Waals surface area contributed by atoms with Gasteiger partial charge < -0.3 is 19.9 Å². The third-order valence-electron chi connectivity index (χ3n) is 8.03. The minimum atomic E-state index is -1.11. The van der Waals surface area contributed by atoms with E-state index in [4.69, 9.17) is 21.1 Å². The predicted molar refractivity (Wildman–Crippen MR) is 195 cm³/mol. The van der Waals surface area contributed by atoms with Gasteiger partial charge in [-0.1, -0.05) is 68.6 Å². The van der Waals surface area contributed by atoms with Crippen molar-refractivity contribution >= 4 is 52.7 Å². The Hall–Kier alpha value is -4.75. The van der Waals surface area contributed by atoms with E-state index in [0.29, 0.717) is 42.0 Å². The molecule has 51 heavy (non-hydrogen) atoms. The maximum atomic E-state index is 14.0. The Labute approximate surface area is 306 Å². The number of tetrazole rings is 1. The van der Waals surface area contributed by atoms with Crippen LogP contribution in [0, 0.1) is 0 Å². The molecule has 3 aromatic carbocycles. The molecular weight excluding hydrogens is 694 g/mol. The van der Waals surface area contributed by atoms with E-state index in [1.807, 2.05) is 6.07 Å². The molecule has 0 aliphatic heterocycles. The number of halogens is 1. The van der Waals surface area contributed by atoms with Crippen molar-refractivity contribution in [3.63, 3.8) is 0 Å². The number of carboxylic acids is 1. The molecule has 0 aliphatic rings. The molecule has 1 aromatic heterocycles. The van der Waals surface area contributed by atoms with Crippen molar-refractivity contribution in [3.05, 3.63) is 90.0 Å². The van der Waals surface area contributed by atoms with Crippen molar-refractivity contribution in [2.45, 2.75) is 86.6 Å². The fourth-order valence-corrected chi connectivity index (χ4v) is 6.80. The van der Waals surface area contributed by atoms with Crippen molar-refractivity contribution in [1.82, 2.24) is 20.2 Å². The second-order valence-corrected chi connectivity index (χ2v) is 13.5. The van der Waals surface area contributed by atoms with Gasteiger partial charge in [0.1, 0.15) is 18.3 Å². The second kappa shape index (κ2) is 20.2. The Morgan fingerprint density at radius 2 is 1.65 bits per heavy atom. The number of para-hydroxylation sites is 1. The smallest absolute Gasteiger partial charge is 0.335 e. The Balaban J connectivity index is 1.51. The third-order valence-corrected chi connectivity index (χ3v) is 9.91. The van der Waals surface area contributed by atoms with Crippen LogP contribution < -0.4 is 10.1 Å². The largest absolute Gasteiger partial charge is 0.497 e. The predicted octanol–water partition coefficient (Wildman–Crippen LogP) is 7.40. The molecule has 3 unspecified atom stereocenters. The minimum Gasteiger partial charge on any atom is -0.497 e. The summed E-state index contributed by atoms with van der Waals surface area (Å²) in [5.74, 6) is -1.92. The highest BCUT2D eigenvalue weighted by Crippen LogP contribution is 2.33. The minimum absolute atomic E-state index is 0.0489. The summed E-state index contributed by atoms with van der Waals surface area (Å²) in [4.78, 5) is 51.1. The Kier molecular flexibility index (Phi) is 15.5. The molecule has 0 saturated heterocycles. The molecule has 2 N–H and O–H groups in total. The molecule has 4 aromatic rings. The first-order valence-electron chi connectivity index (χ1n) is 16.8. The number of carboxylic acid groups (broad SMARTS) is 1. The van der Waals surface area contributed by atoms with Gasteiger partial charge in [-0.3, -0.25) is 14.4 Å². The number of aromatic nitrogens is 4. The van der Waals surface area contributed by atoms with E-state index < -0.39 is 41.0 Å².